The van der Waals surface area contributed by atoms with Gasteiger partial charge in [0.25, 0.3) is 0 Å². The van der Waals surface area contributed by atoms with E-state index in [2.05, 4.69) is 25.2 Å². The average molecular weight is 196 g/mol. The van der Waals surface area contributed by atoms with Crippen molar-refractivity contribution < 1.29 is 4.74 Å². The van der Waals surface area contributed by atoms with Crippen molar-refractivity contribution in [2.45, 2.75) is 44.8 Å². The number of ether oxygens (including phenoxy) is 1. The molecular formula is C11H20N2O. The van der Waals surface area contributed by atoms with Crippen LogP contribution in [-0.2, 0) is 4.74 Å². The van der Waals surface area contributed by atoms with Crippen molar-refractivity contribution >= 4 is 0 Å². The van der Waals surface area contributed by atoms with Crippen LogP contribution in [0, 0.1) is 17.2 Å². The normalized spacial score (nSPS) is 27.6. The van der Waals surface area contributed by atoms with Gasteiger partial charge in [0.2, 0.25) is 0 Å². The lowest BCUT2D eigenvalue weighted by Gasteiger charge is -2.26. The van der Waals surface area contributed by atoms with Crippen molar-refractivity contribution in [3.8, 4) is 6.07 Å². The molecule has 0 aromatic heterocycles. The Morgan fingerprint density at radius 3 is 2.79 bits per heavy atom. The average Bonchev–Trinajstić information content (AvgIpc) is 2.62. The van der Waals surface area contributed by atoms with Gasteiger partial charge in [-0.2, -0.15) is 5.26 Å². The quantitative estimate of drug-likeness (QED) is 0.744. The molecule has 0 amide bonds. The molecule has 3 nitrogen and oxygen atoms in total. The van der Waals surface area contributed by atoms with Crippen LogP contribution in [-0.4, -0.2) is 25.3 Å². The summed E-state index contributed by atoms with van der Waals surface area (Å²) in [6.07, 6.45) is 3.34. The van der Waals surface area contributed by atoms with Crippen molar-refractivity contribution in [1.29, 1.82) is 5.26 Å². The topological polar surface area (TPSA) is 45.0 Å². The van der Waals surface area contributed by atoms with E-state index < -0.39 is 0 Å². The van der Waals surface area contributed by atoms with Crippen LogP contribution in [0.3, 0.4) is 0 Å². The standard InChI is InChI=1S/C11H20N2O/c1-11(2,14-3)8-13-10-6-4-5-9(10)7-12/h9-10,13H,4-6,8H2,1-3H3. The molecule has 0 spiro atoms. The molecule has 0 saturated heterocycles. The van der Waals surface area contributed by atoms with E-state index in [0.29, 0.717) is 6.04 Å². The third-order valence-electron chi connectivity index (χ3n) is 3.02. The van der Waals surface area contributed by atoms with Crippen LogP contribution in [0.25, 0.3) is 0 Å². The Hall–Kier alpha value is -0.590. The molecule has 1 aliphatic carbocycles. The third kappa shape index (κ3) is 2.97. The summed E-state index contributed by atoms with van der Waals surface area (Å²) >= 11 is 0. The molecule has 1 aliphatic rings. The number of rotatable bonds is 4. The van der Waals surface area contributed by atoms with Gasteiger partial charge in [-0.3, -0.25) is 0 Å². The largest absolute Gasteiger partial charge is 0.377 e. The van der Waals surface area contributed by atoms with Gasteiger partial charge in [0.1, 0.15) is 0 Å². The summed E-state index contributed by atoms with van der Waals surface area (Å²) in [5, 5.41) is 12.3. The molecular weight excluding hydrogens is 176 g/mol. The molecule has 1 saturated carbocycles. The Morgan fingerprint density at radius 1 is 1.50 bits per heavy atom. The molecule has 0 radical (unpaired) electrons. The zero-order valence-electron chi connectivity index (χ0n) is 9.34. The Bertz CT molecular complexity index is 220. The summed E-state index contributed by atoms with van der Waals surface area (Å²) in [7, 11) is 1.72. The van der Waals surface area contributed by atoms with E-state index in [-0.39, 0.29) is 11.5 Å². The van der Waals surface area contributed by atoms with E-state index in [4.69, 9.17) is 10.00 Å². The van der Waals surface area contributed by atoms with E-state index in [1.165, 1.54) is 6.42 Å². The van der Waals surface area contributed by atoms with Gasteiger partial charge in [-0.05, 0) is 26.7 Å². The third-order valence-corrected chi connectivity index (χ3v) is 3.02. The molecule has 2 atom stereocenters. The Balaban J connectivity index is 2.35. The van der Waals surface area contributed by atoms with Crippen molar-refractivity contribution in [3.05, 3.63) is 0 Å². The molecule has 0 aromatic carbocycles. The maximum absolute atomic E-state index is 8.90. The van der Waals surface area contributed by atoms with Crippen molar-refractivity contribution in [2.24, 2.45) is 5.92 Å². The first kappa shape index (κ1) is 11.5. The van der Waals surface area contributed by atoms with Gasteiger partial charge < -0.3 is 10.1 Å². The fourth-order valence-corrected chi connectivity index (χ4v) is 1.81. The smallest absolute Gasteiger partial charge is 0.0746 e. The van der Waals surface area contributed by atoms with Gasteiger partial charge in [0.05, 0.1) is 17.6 Å². The van der Waals surface area contributed by atoms with E-state index in [1.807, 2.05) is 0 Å². The van der Waals surface area contributed by atoms with Gasteiger partial charge in [0.15, 0.2) is 0 Å². The highest BCUT2D eigenvalue weighted by molar-refractivity contribution is 4.97. The summed E-state index contributed by atoms with van der Waals surface area (Å²) in [5.74, 6) is 0.197. The van der Waals surface area contributed by atoms with Gasteiger partial charge >= 0.3 is 0 Å². The second kappa shape index (κ2) is 4.77. The summed E-state index contributed by atoms with van der Waals surface area (Å²) in [4.78, 5) is 0. The second-order valence-electron chi connectivity index (χ2n) is 4.62. The first-order valence-corrected chi connectivity index (χ1v) is 5.27. The first-order valence-electron chi connectivity index (χ1n) is 5.27. The molecule has 2 unspecified atom stereocenters. The predicted octanol–water partition coefficient (Wildman–Crippen LogP) is 1.69. The molecule has 1 rings (SSSR count). The van der Waals surface area contributed by atoms with Gasteiger partial charge in [-0.1, -0.05) is 6.42 Å². The molecule has 0 heterocycles. The number of nitrogens with zero attached hydrogens (tertiary/aromatic N) is 1. The monoisotopic (exact) mass is 196 g/mol. The minimum atomic E-state index is -0.136. The van der Waals surface area contributed by atoms with Crippen LogP contribution in [0.4, 0.5) is 0 Å². The molecule has 1 fully saturated rings. The lowest BCUT2D eigenvalue weighted by molar-refractivity contribution is 0.0206. The molecule has 1 N–H and O–H groups in total. The molecule has 3 heteroatoms. The lowest BCUT2D eigenvalue weighted by atomic mass is 10.0. The Morgan fingerprint density at radius 2 is 2.21 bits per heavy atom. The highest BCUT2D eigenvalue weighted by atomic mass is 16.5. The highest BCUT2D eigenvalue weighted by Crippen LogP contribution is 2.25. The van der Waals surface area contributed by atoms with Crippen LogP contribution in [0.2, 0.25) is 0 Å². The minimum absolute atomic E-state index is 0.136. The zero-order chi connectivity index (χ0) is 10.6. The first-order chi connectivity index (χ1) is 6.59. The maximum atomic E-state index is 8.90. The fraction of sp³-hybridized carbons (Fsp3) is 0.909. The van der Waals surface area contributed by atoms with E-state index in [1.54, 1.807) is 7.11 Å². The molecule has 0 bridgehead atoms. The number of nitriles is 1. The predicted molar refractivity (Wildman–Crippen MR) is 55.8 cm³/mol. The fourth-order valence-electron chi connectivity index (χ4n) is 1.81. The van der Waals surface area contributed by atoms with Crippen molar-refractivity contribution in [1.82, 2.24) is 5.32 Å². The van der Waals surface area contributed by atoms with Crippen LogP contribution >= 0.6 is 0 Å². The molecule has 14 heavy (non-hydrogen) atoms. The van der Waals surface area contributed by atoms with Crippen LogP contribution in [0.15, 0.2) is 0 Å². The summed E-state index contributed by atoms with van der Waals surface area (Å²) in [6.45, 7) is 4.92. The maximum Gasteiger partial charge on any atom is 0.0746 e. The highest BCUT2D eigenvalue weighted by Gasteiger charge is 2.28. The Kier molecular flexibility index (Phi) is 3.91. The number of nitrogens with one attached hydrogen (secondary N) is 1. The van der Waals surface area contributed by atoms with Gasteiger partial charge in [-0.25, -0.2) is 0 Å². The van der Waals surface area contributed by atoms with Gasteiger partial charge in [-0.15, -0.1) is 0 Å². The summed E-state index contributed by atoms with van der Waals surface area (Å²) < 4.78 is 5.32. The number of hydrogen-bond donors (Lipinski definition) is 1. The molecule has 0 aliphatic heterocycles. The van der Waals surface area contributed by atoms with E-state index >= 15 is 0 Å². The van der Waals surface area contributed by atoms with Crippen LogP contribution < -0.4 is 5.32 Å². The van der Waals surface area contributed by atoms with Gasteiger partial charge in [0, 0.05) is 19.7 Å². The Labute approximate surface area is 86.4 Å². The molecule has 0 aromatic rings. The lowest BCUT2D eigenvalue weighted by Crippen LogP contribution is -2.43. The minimum Gasteiger partial charge on any atom is -0.377 e. The molecule has 80 valence electrons. The second-order valence-corrected chi connectivity index (χ2v) is 4.62. The zero-order valence-corrected chi connectivity index (χ0v) is 9.34. The van der Waals surface area contributed by atoms with E-state index in [9.17, 15) is 0 Å². The van der Waals surface area contributed by atoms with E-state index in [0.717, 1.165) is 19.4 Å². The number of hydrogen-bond acceptors (Lipinski definition) is 3. The summed E-state index contributed by atoms with van der Waals surface area (Å²) in [6, 6.07) is 2.73. The SMILES string of the molecule is COC(C)(C)CNC1CCCC1C#N. The van der Waals surface area contributed by atoms with Crippen molar-refractivity contribution in [3.63, 3.8) is 0 Å². The number of methoxy groups -OCH3 is 1. The van der Waals surface area contributed by atoms with Crippen molar-refractivity contribution in [2.75, 3.05) is 13.7 Å². The van der Waals surface area contributed by atoms with Crippen LogP contribution in [0.1, 0.15) is 33.1 Å². The van der Waals surface area contributed by atoms with Crippen LogP contribution in [0.5, 0.6) is 0 Å². The summed E-state index contributed by atoms with van der Waals surface area (Å²) in [5.41, 5.74) is -0.136.